The van der Waals surface area contributed by atoms with Crippen LogP contribution in [0.25, 0.3) is 11.0 Å². The standard InChI is InChI=1S/C31H41N5O9/c1-16(2)27(30(42)34-20-9-10-21-17(3)14-26(39)45-23(21)15-20)35-29(41)22-8-7-13-36(22)31(43)19(5)33-28(40)18(4)32-24(37)11-12-25(38)44-6/h9-10,14-16,18-19,22,27H,7-8,11-13H2,1-6H3,(H,32,37)(H,33,40)(H,34,42)(H,35,41)/t18-,19-,22-,27-/m1/s1. The van der Waals surface area contributed by atoms with Crippen molar-refractivity contribution in [1.29, 1.82) is 0 Å². The van der Waals surface area contributed by atoms with E-state index in [9.17, 15) is 33.6 Å². The van der Waals surface area contributed by atoms with Crippen LogP contribution in [0.1, 0.15) is 58.9 Å². The molecule has 0 unspecified atom stereocenters. The highest BCUT2D eigenvalue weighted by atomic mass is 16.5. The fourth-order valence-corrected chi connectivity index (χ4v) is 5.06. The number of rotatable bonds is 12. The molecule has 1 aromatic heterocycles. The molecule has 1 saturated heterocycles. The van der Waals surface area contributed by atoms with Crippen LogP contribution in [0.5, 0.6) is 0 Å². The average Bonchev–Trinajstić information content (AvgIpc) is 3.47. The Morgan fingerprint density at radius 3 is 2.33 bits per heavy atom. The van der Waals surface area contributed by atoms with Crippen molar-refractivity contribution >= 4 is 52.2 Å². The third kappa shape index (κ3) is 9.13. The molecule has 4 atom stereocenters. The number of methoxy groups -OCH3 is 1. The maximum Gasteiger partial charge on any atom is 0.336 e. The molecule has 244 valence electrons. The van der Waals surface area contributed by atoms with Crippen molar-refractivity contribution in [2.75, 3.05) is 19.0 Å². The molecule has 1 fully saturated rings. The molecule has 0 spiro atoms. The molecule has 0 bridgehead atoms. The Morgan fingerprint density at radius 1 is 0.956 bits per heavy atom. The number of ether oxygens (including phenoxy) is 1. The van der Waals surface area contributed by atoms with Crippen LogP contribution in [0.15, 0.2) is 33.5 Å². The van der Waals surface area contributed by atoms with E-state index in [1.807, 2.05) is 0 Å². The van der Waals surface area contributed by atoms with Crippen LogP contribution in [0.3, 0.4) is 0 Å². The lowest BCUT2D eigenvalue weighted by Gasteiger charge is -2.30. The van der Waals surface area contributed by atoms with E-state index in [-0.39, 0.29) is 25.3 Å². The van der Waals surface area contributed by atoms with Crippen molar-refractivity contribution < 1.29 is 37.9 Å². The number of benzene rings is 1. The molecule has 45 heavy (non-hydrogen) atoms. The van der Waals surface area contributed by atoms with Crippen molar-refractivity contribution in [3.63, 3.8) is 0 Å². The normalized spacial score (nSPS) is 16.4. The van der Waals surface area contributed by atoms with Gasteiger partial charge in [0.15, 0.2) is 0 Å². The van der Waals surface area contributed by atoms with Gasteiger partial charge in [-0.1, -0.05) is 13.8 Å². The average molecular weight is 628 g/mol. The number of hydrogen-bond acceptors (Lipinski definition) is 9. The van der Waals surface area contributed by atoms with Gasteiger partial charge in [-0.15, -0.1) is 0 Å². The van der Waals surface area contributed by atoms with Crippen LogP contribution in [0.4, 0.5) is 5.69 Å². The summed E-state index contributed by atoms with van der Waals surface area (Å²) in [5.41, 5.74) is 0.940. The van der Waals surface area contributed by atoms with E-state index in [0.717, 1.165) is 10.9 Å². The van der Waals surface area contributed by atoms with Gasteiger partial charge in [-0.3, -0.25) is 28.8 Å². The van der Waals surface area contributed by atoms with Gasteiger partial charge in [0.2, 0.25) is 29.5 Å². The molecule has 4 N–H and O–H groups in total. The van der Waals surface area contributed by atoms with Gasteiger partial charge >= 0.3 is 11.6 Å². The number of nitrogens with one attached hydrogen (secondary N) is 4. The Balaban J connectivity index is 1.60. The SMILES string of the molecule is COC(=O)CCC(=O)N[C@H](C)C(=O)N[C@H](C)C(=O)N1CCC[C@@H]1C(=O)N[C@@H](C(=O)Nc1ccc2c(C)cc(=O)oc2c1)C(C)C. The quantitative estimate of drug-likeness (QED) is 0.197. The van der Waals surface area contributed by atoms with E-state index in [1.165, 1.54) is 31.9 Å². The molecule has 1 aliphatic heterocycles. The number of anilines is 1. The lowest BCUT2D eigenvalue weighted by atomic mass is 10.0. The lowest BCUT2D eigenvalue weighted by molar-refractivity contribution is -0.142. The number of aryl methyl sites for hydroxylation is 1. The van der Waals surface area contributed by atoms with E-state index in [0.29, 0.717) is 24.1 Å². The zero-order valence-corrected chi connectivity index (χ0v) is 26.4. The maximum atomic E-state index is 13.4. The number of carbonyl (C=O) groups is 6. The smallest absolute Gasteiger partial charge is 0.336 e. The van der Waals surface area contributed by atoms with Crippen LogP contribution < -0.4 is 26.9 Å². The first-order valence-electron chi connectivity index (χ1n) is 14.8. The molecule has 0 aliphatic carbocycles. The number of esters is 1. The van der Waals surface area contributed by atoms with E-state index in [2.05, 4.69) is 26.0 Å². The second-order valence-electron chi connectivity index (χ2n) is 11.5. The van der Waals surface area contributed by atoms with Crippen molar-refractivity contribution in [2.45, 2.75) is 84.5 Å². The van der Waals surface area contributed by atoms with Crippen molar-refractivity contribution in [2.24, 2.45) is 5.92 Å². The predicted molar refractivity (Wildman–Crippen MR) is 164 cm³/mol. The highest BCUT2D eigenvalue weighted by molar-refractivity contribution is 6.00. The summed E-state index contributed by atoms with van der Waals surface area (Å²) in [4.78, 5) is 89.0. The number of nitrogens with zero attached hydrogens (tertiary/aromatic N) is 1. The Bertz CT molecular complexity index is 1520. The molecule has 0 radical (unpaired) electrons. The monoisotopic (exact) mass is 627 g/mol. The molecule has 3 rings (SSSR count). The third-order valence-electron chi connectivity index (χ3n) is 7.59. The predicted octanol–water partition coefficient (Wildman–Crippen LogP) is 1.13. The molecule has 0 saturated carbocycles. The van der Waals surface area contributed by atoms with Gasteiger partial charge in [0, 0.05) is 36.2 Å². The second-order valence-corrected chi connectivity index (χ2v) is 11.5. The van der Waals surface area contributed by atoms with Gasteiger partial charge < -0.3 is 35.3 Å². The van der Waals surface area contributed by atoms with E-state index in [4.69, 9.17) is 4.42 Å². The molecule has 5 amide bonds. The number of amides is 5. The Morgan fingerprint density at radius 2 is 1.67 bits per heavy atom. The van der Waals surface area contributed by atoms with Crippen LogP contribution in [0, 0.1) is 12.8 Å². The number of likely N-dealkylation sites (tertiary alicyclic amines) is 1. The highest BCUT2D eigenvalue weighted by Gasteiger charge is 2.38. The fraction of sp³-hybridized carbons (Fsp3) is 0.516. The van der Waals surface area contributed by atoms with Gasteiger partial charge in [0.25, 0.3) is 0 Å². The topological polar surface area (TPSA) is 193 Å². The van der Waals surface area contributed by atoms with E-state index in [1.54, 1.807) is 39.0 Å². The summed E-state index contributed by atoms with van der Waals surface area (Å²) >= 11 is 0. The van der Waals surface area contributed by atoms with Crippen LogP contribution >= 0.6 is 0 Å². The molecule has 14 nitrogen and oxygen atoms in total. The van der Waals surface area contributed by atoms with Crippen LogP contribution in [-0.4, -0.2) is 78.2 Å². The fourth-order valence-electron chi connectivity index (χ4n) is 5.06. The molecular formula is C31H41N5O9. The van der Waals surface area contributed by atoms with E-state index >= 15 is 0 Å². The van der Waals surface area contributed by atoms with Gasteiger partial charge in [-0.05, 0) is 57.2 Å². The number of carbonyl (C=O) groups excluding carboxylic acids is 6. The van der Waals surface area contributed by atoms with Gasteiger partial charge in [-0.2, -0.15) is 0 Å². The van der Waals surface area contributed by atoms with Crippen LogP contribution in [-0.2, 0) is 33.5 Å². The molecule has 2 heterocycles. The molecule has 14 heteroatoms. The lowest BCUT2D eigenvalue weighted by Crippen LogP contribution is -2.57. The Labute approximate surface area is 260 Å². The Hall–Kier alpha value is -4.75. The highest BCUT2D eigenvalue weighted by Crippen LogP contribution is 2.22. The molecule has 1 aliphatic rings. The third-order valence-corrected chi connectivity index (χ3v) is 7.59. The summed E-state index contributed by atoms with van der Waals surface area (Å²) in [6.07, 6.45) is 0.641. The zero-order valence-electron chi connectivity index (χ0n) is 26.4. The largest absolute Gasteiger partial charge is 0.469 e. The van der Waals surface area contributed by atoms with Gasteiger partial charge in [0.1, 0.15) is 29.8 Å². The number of fused-ring (bicyclic) bond motifs is 1. The molecular weight excluding hydrogens is 586 g/mol. The summed E-state index contributed by atoms with van der Waals surface area (Å²) in [5, 5.41) is 11.3. The second kappa shape index (κ2) is 15.3. The summed E-state index contributed by atoms with van der Waals surface area (Å²) in [6.45, 7) is 8.55. The summed E-state index contributed by atoms with van der Waals surface area (Å²) in [7, 11) is 1.21. The maximum absolute atomic E-state index is 13.4. The van der Waals surface area contributed by atoms with Gasteiger partial charge in [-0.25, -0.2) is 4.79 Å². The summed E-state index contributed by atoms with van der Waals surface area (Å²) in [5.74, 6) is -3.45. The van der Waals surface area contributed by atoms with E-state index < -0.39 is 65.3 Å². The Kier molecular flexibility index (Phi) is 11.8. The van der Waals surface area contributed by atoms with Crippen LogP contribution in [0.2, 0.25) is 0 Å². The minimum Gasteiger partial charge on any atom is -0.469 e. The minimum absolute atomic E-state index is 0.133. The number of hydrogen-bond donors (Lipinski definition) is 4. The zero-order chi connectivity index (χ0) is 33.4. The summed E-state index contributed by atoms with van der Waals surface area (Å²) in [6, 6.07) is 2.58. The van der Waals surface area contributed by atoms with Gasteiger partial charge in [0.05, 0.1) is 13.5 Å². The summed E-state index contributed by atoms with van der Waals surface area (Å²) < 4.78 is 9.75. The minimum atomic E-state index is -0.999. The van der Waals surface area contributed by atoms with Crippen molar-refractivity contribution in [3.05, 3.63) is 40.2 Å². The van der Waals surface area contributed by atoms with Crippen molar-refractivity contribution in [1.82, 2.24) is 20.9 Å². The first-order chi connectivity index (χ1) is 21.2. The molecule has 1 aromatic carbocycles. The first-order valence-corrected chi connectivity index (χ1v) is 14.8. The molecule has 2 aromatic rings. The van der Waals surface area contributed by atoms with Crippen molar-refractivity contribution in [3.8, 4) is 0 Å². The first kappa shape index (κ1) is 34.7.